The molecule has 1 fully saturated rings. The number of hydrogen-bond donors (Lipinski definition) is 1. The van der Waals surface area contributed by atoms with Crippen LogP contribution in [0.15, 0.2) is 48.5 Å². The minimum absolute atomic E-state index is 0.0270. The molecule has 1 aliphatic heterocycles. The largest absolute Gasteiger partial charge is 0.508 e. The van der Waals surface area contributed by atoms with E-state index in [1.807, 2.05) is 13.8 Å². The van der Waals surface area contributed by atoms with Crippen molar-refractivity contribution in [2.45, 2.75) is 26.1 Å². The molecule has 3 rings (SSSR count). The molecule has 2 aromatic rings. The number of phenolic OH excluding ortho intramolecular Hbond substituents is 1. The first kappa shape index (κ1) is 18.9. The van der Waals surface area contributed by atoms with E-state index < -0.39 is 5.97 Å². The van der Waals surface area contributed by atoms with Gasteiger partial charge in [-0.1, -0.05) is 24.3 Å². The molecule has 6 heteroatoms. The van der Waals surface area contributed by atoms with E-state index in [4.69, 9.17) is 9.47 Å². The molecule has 1 N–H and O–H groups in total. The van der Waals surface area contributed by atoms with E-state index >= 15 is 0 Å². The van der Waals surface area contributed by atoms with Crippen molar-refractivity contribution in [1.82, 2.24) is 4.90 Å². The summed E-state index contributed by atoms with van der Waals surface area (Å²) >= 11 is 0. The lowest BCUT2D eigenvalue weighted by atomic mass is 10.0. The highest BCUT2D eigenvalue weighted by Crippen LogP contribution is 2.22. The molecule has 0 unspecified atom stereocenters. The fraction of sp³-hybridized carbons (Fsp3) is 0.333. The molecule has 1 amide bonds. The van der Waals surface area contributed by atoms with Gasteiger partial charge in [-0.2, -0.15) is 0 Å². The average molecular weight is 369 g/mol. The predicted octanol–water partition coefficient (Wildman–Crippen LogP) is 2.85. The Balaban J connectivity index is 1.56. The molecule has 0 spiro atoms. The van der Waals surface area contributed by atoms with Gasteiger partial charge in [0.2, 0.25) is 0 Å². The van der Waals surface area contributed by atoms with Crippen LogP contribution in [0.25, 0.3) is 11.1 Å². The monoisotopic (exact) mass is 369 g/mol. The minimum atomic E-state index is -0.532. The summed E-state index contributed by atoms with van der Waals surface area (Å²) in [4.78, 5) is 26.1. The molecule has 2 atom stereocenters. The Hall–Kier alpha value is -2.86. The molecular weight excluding hydrogens is 346 g/mol. The van der Waals surface area contributed by atoms with Crippen molar-refractivity contribution in [3.63, 3.8) is 0 Å². The molecule has 0 bridgehead atoms. The molecule has 27 heavy (non-hydrogen) atoms. The van der Waals surface area contributed by atoms with E-state index in [2.05, 4.69) is 0 Å². The maximum atomic E-state index is 12.3. The zero-order valence-electron chi connectivity index (χ0n) is 15.4. The zero-order chi connectivity index (χ0) is 19.4. The van der Waals surface area contributed by atoms with Crippen LogP contribution < -0.4 is 0 Å². The zero-order valence-corrected chi connectivity index (χ0v) is 15.4. The smallest absolute Gasteiger partial charge is 0.338 e. The first-order valence-corrected chi connectivity index (χ1v) is 8.92. The van der Waals surface area contributed by atoms with E-state index in [1.165, 1.54) is 0 Å². The lowest BCUT2D eigenvalue weighted by Gasteiger charge is -2.35. The summed E-state index contributed by atoms with van der Waals surface area (Å²) < 4.78 is 10.8. The third-order valence-corrected chi connectivity index (χ3v) is 4.42. The molecule has 2 aromatic carbocycles. The molecule has 0 radical (unpaired) electrons. The van der Waals surface area contributed by atoms with E-state index in [0.29, 0.717) is 18.7 Å². The van der Waals surface area contributed by atoms with Gasteiger partial charge in [0.05, 0.1) is 17.8 Å². The molecule has 1 heterocycles. The van der Waals surface area contributed by atoms with Gasteiger partial charge < -0.3 is 19.5 Å². The molecule has 0 saturated carbocycles. The van der Waals surface area contributed by atoms with Crippen LogP contribution in [-0.2, 0) is 14.3 Å². The third-order valence-electron chi connectivity index (χ3n) is 4.42. The van der Waals surface area contributed by atoms with Crippen LogP contribution in [0.2, 0.25) is 0 Å². The quantitative estimate of drug-likeness (QED) is 0.839. The number of aromatic hydroxyl groups is 1. The number of nitrogens with zero attached hydrogens (tertiary/aromatic N) is 1. The number of phenols is 1. The predicted molar refractivity (Wildman–Crippen MR) is 100 cm³/mol. The van der Waals surface area contributed by atoms with Gasteiger partial charge in [0, 0.05) is 13.1 Å². The van der Waals surface area contributed by atoms with Crippen molar-refractivity contribution in [2.24, 2.45) is 0 Å². The molecule has 1 aliphatic rings. The van der Waals surface area contributed by atoms with Crippen LogP contribution in [0.3, 0.4) is 0 Å². The normalized spacial score (nSPS) is 19.6. The Bertz CT molecular complexity index is 790. The first-order valence-electron chi connectivity index (χ1n) is 8.92. The van der Waals surface area contributed by atoms with E-state index in [9.17, 15) is 14.7 Å². The van der Waals surface area contributed by atoms with Crippen LogP contribution >= 0.6 is 0 Å². The fourth-order valence-electron chi connectivity index (χ4n) is 3.14. The van der Waals surface area contributed by atoms with E-state index in [1.54, 1.807) is 53.4 Å². The standard InChI is InChI=1S/C21H23NO5/c1-14-11-22(12-15(2)27-14)20(24)13-26-21(25)18-5-3-16(4-6-18)17-7-9-19(23)10-8-17/h3-10,14-15,23H,11-13H2,1-2H3/t14-,15-/m1/s1. The van der Waals surface area contributed by atoms with Gasteiger partial charge in [-0.15, -0.1) is 0 Å². The van der Waals surface area contributed by atoms with Crippen LogP contribution in [0.1, 0.15) is 24.2 Å². The molecule has 6 nitrogen and oxygen atoms in total. The van der Waals surface area contributed by atoms with Gasteiger partial charge in [-0.25, -0.2) is 4.79 Å². The highest BCUT2D eigenvalue weighted by molar-refractivity contribution is 5.91. The molecule has 1 saturated heterocycles. The van der Waals surface area contributed by atoms with Crippen LogP contribution in [0.4, 0.5) is 0 Å². The SMILES string of the molecule is C[C@@H]1CN(C(=O)COC(=O)c2ccc(-c3ccc(O)cc3)cc2)C[C@@H](C)O1. The second kappa shape index (κ2) is 8.22. The summed E-state index contributed by atoms with van der Waals surface area (Å²) in [7, 11) is 0. The first-order chi connectivity index (χ1) is 12.9. The summed E-state index contributed by atoms with van der Waals surface area (Å²) in [6.07, 6.45) is -0.0540. The number of ether oxygens (including phenoxy) is 2. The number of carbonyl (C=O) groups is 2. The van der Waals surface area contributed by atoms with Gasteiger partial charge in [0.15, 0.2) is 6.61 Å². The number of morpholine rings is 1. The Morgan fingerprint density at radius 1 is 1.00 bits per heavy atom. The van der Waals surface area contributed by atoms with Crippen molar-refractivity contribution in [3.8, 4) is 16.9 Å². The van der Waals surface area contributed by atoms with Crippen molar-refractivity contribution < 1.29 is 24.2 Å². The van der Waals surface area contributed by atoms with Crippen molar-refractivity contribution in [1.29, 1.82) is 0 Å². The Kier molecular flexibility index (Phi) is 5.76. The summed E-state index contributed by atoms with van der Waals surface area (Å²) in [5.74, 6) is -0.548. The fourth-order valence-corrected chi connectivity index (χ4v) is 3.14. The molecular formula is C21H23NO5. The minimum Gasteiger partial charge on any atom is -0.508 e. The summed E-state index contributed by atoms with van der Waals surface area (Å²) in [6.45, 7) is 4.55. The topological polar surface area (TPSA) is 76.1 Å². The Morgan fingerprint density at radius 3 is 2.07 bits per heavy atom. The van der Waals surface area contributed by atoms with Crippen LogP contribution in [-0.4, -0.2) is 53.8 Å². The Morgan fingerprint density at radius 2 is 1.52 bits per heavy atom. The van der Waals surface area contributed by atoms with Gasteiger partial charge in [0.1, 0.15) is 5.75 Å². The highest BCUT2D eigenvalue weighted by Gasteiger charge is 2.26. The van der Waals surface area contributed by atoms with E-state index in [-0.39, 0.29) is 30.5 Å². The maximum absolute atomic E-state index is 12.3. The molecule has 0 aromatic heterocycles. The summed E-state index contributed by atoms with van der Waals surface area (Å²) in [5.41, 5.74) is 2.23. The second-order valence-electron chi connectivity index (χ2n) is 6.76. The number of esters is 1. The third kappa shape index (κ3) is 4.86. The number of amides is 1. The van der Waals surface area contributed by atoms with Crippen LogP contribution in [0, 0.1) is 0 Å². The summed E-state index contributed by atoms with van der Waals surface area (Å²) in [6, 6.07) is 13.7. The van der Waals surface area contributed by atoms with Crippen molar-refractivity contribution in [3.05, 3.63) is 54.1 Å². The lowest BCUT2D eigenvalue weighted by molar-refractivity contribution is -0.146. The highest BCUT2D eigenvalue weighted by atomic mass is 16.5. The van der Waals surface area contributed by atoms with Gasteiger partial charge in [-0.3, -0.25) is 4.79 Å². The van der Waals surface area contributed by atoms with Crippen molar-refractivity contribution in [2.75, 3.05) is 19.7 Å². The van der Waals surface area contributed by atoms with Gasteiger partial charge in [0.25, 0.3) is 5.91 Å². The number of rotatable bonds is 4. The number of carbonyl (C=O) groups excluding carboxylic acids is 2. The van der Waals surface area contributed by atoms with E-state index in [0.717, 1.165) is 11.1 Å². The molecule has 142 valence electrons. The summed E-state index contributed by atoms with van der Waals surface area (Å²) in [5, 5.41) is 9.35. The van der Waals surface area contributed by atoms with Gasteiger partial charge >= 0.3 is 5.97 Å². The molecule has 0 aliphatic carbocycles. The number of hydrogen-bond acceptors (Lipinski definition) is 5. The lowest BCUT2D eigenvalue weighted by Crippen LogP contribution is -2.49. The second-order valence-corrected chi connectivity index (χ2v) is 6.76. The van der Waals surface area contributed by atoms with Crippen molar-refractivity contribution >= 4 is 11.9 Å². The average Bonchev–Trinajstić information content (AvgIpc) is 2.66. The number of benzene rings is 2. The maximum Gasteiger partial charge on any atom is 0.338 e. The van der Waals surface area contributed by atoms with Gasteiger partial charge in [-0.05, 0) is 49.2 Å². The van der Waals surface area contributed by atoms with Crippen LogP contribution in [0.5, 0.6) is 5.75 Å². The Labute approximate surface area is 158 Å².